The number of amides is 1. The number of benzene rings is 1. The van der Waals surface area contributed by atoms with E-state index in [0.717, 1.165) is 6.07 Å². The van der Waals surface area contributed by atoms with Gasteiger partial charge in [0.15, 0.2) is 12.0 Å². The molecule has 0 aliphatic heterocycles. The highest BCUT2D eigenvalue weighted by Crippen LogP contribution is 2.12. The van der Waals surface area contributed by atoms with Gasteiger partial charge < -0.3 is 14.1 Å². The Balaban J connectivity index is 2.23. The van der Waals surface area contributed by atoms with Crippen molar-refractivity contribution in [3.05, 3.63) is 46.3 Å². The van der Waals surface area contributed by atoms with Gasteiger partial charge >= 0.3 is 5.97 Å². The van der Waals surface area contributed by atoms with Crippen LogP contribution in [0.4, 0.5) is 0 Å². The molecule has 0 atom stereocenters. The van der Waals surface area contributed by atoms with Gasteiger partial charge in [-0.1, -0.05) is 12.1 Å². The molecule has 2 aromatic rings. The summed E-state index contributed by atoms with van der Waals surface area (Å²) >= 11 is 0. The zero-order valence-corrected chi connectivity index (χ0v) is 11.1. The number of hydrogen-bond donors (Lipinski definition) is 0. The van der Waals surface area contributed by atoms with Gasteiger partial charge in [0.25, 0.3) is 5.91 Å². The quantitative estimate of drug-likeness (QED) is 0.782. The summed E-state index contributed by atoms with van der Waals surface area (Å²) in [4.78, 5) is 36.2. The van der Waals surface area contributed by atoms with E-state index in [1.165, 1.54) is 4.90 Å². The number of likely N-dealkylation sites (N-methyl/N-ethyl adjacent to an activating group) is 1. The van der Waals surface area contributed by atoms with Crippen LogP contribution in [-0.2, 0) is 9.53 Å². The lowest BCUT2D eigenvalue weighted by Gasteiger charge is -2.10. The molecule has 0 saturated heterocycles. The fraction of sp³-hybridized carbons (Fsp3) is 0.214. The van der Waals surface area contributed by atoms with E-state index < -0.39 is 12.6 Å². The summed E-state index contributed by atoms with van der Waals surface area (Å²) in [6, 6.07) is 7.64. The average Bonchev–Trinajstić information content (AvgIpc) is 2.44. The molecule has 6 nitrogen and oxygen atoms in total. The molecule has 0 aliphatic carbocycles. The molecule has 0 N–H and O–H groups in total. The van der Waals surface area contributed by atoms with Crippen LogP contribution in [0.25, 0.3) is 11.0 Å². The molecular formula is C14H13NO5. The highest BCUT2D eigenvalue weighted by molar-refractivity contribution is 5.90. The summed E-state index contributed by atoms with van der Waals surface area (Å²) in [5.41, 5.74) is -0.0383. The molecule has 1 heterocycles. The van der Waals surface area contributed by atoms with Gasteiger partial charge in [0.05, 0.1) is 5.39 Å². The van der Waals surface area contributed by atoms with Gasteiger partial charge in [-0.2, -0.15) is 0 Å². The number of nitrogens with zero attached hydrogens (tertiary/aromatic N) is 1. The second kappa shape index (κ2) is 5.56. The summed E-state index contributed by atoms with van der Waals surface area (Å²) in [7, 11) is 3.10. The summed E-state index contributed by atoms with van der Waals surface area (Å²) in [6.45, 7) is -0.400. The van der Waals surface area contributed by atoms with E-state index in [4.69, 9.17) is 9.15 Å². The van der Waals surface area contributed by atoms with Gasteiger partial charge in [0.2, 0.25) is 5.76 Å². The Hall–Kier alpha value is -2.63. The Morgan fingerprint density at radius 3 is 2.65 bits per heavy atom. The number of carbonyl (C=O) groups is 2. The zero-order valence-electron chi connectivity index (χ0n) is 11.1. The fourth-order valence-corrected chi connectivity index (χ4v) is 1.53. The maximum atomic E-state index is 11.8. The largest absolute Gasteiger partial charge is 0.450 e. The monoisotopic (exact) mass is 275 g/mol. The van der Waals surface area contributed by atoms with E-state index in [2.05, 4.69) is 0 Å². The molecule has 0 spiro atoms. The first-order valence-electron chi connectivity index (χ1n) is 5.89. The lowest BCUT2D eigenvalue weighted by molar-refractivity contribution is -0.132. The molecule has 1 amide bonds. The molecule has 6 heteroatoms. The normalized spacial score (nSPS) is 10.3. The maximum Gasteiger partial charge on any atom is 0.374 e. The third-order valence-corrected chi connectivity index (χ3v) is 2.66. The van der Waals surface area contributed by atoms with E-state index >= 15 is 0 Å². The molecule has 0 aliphatic rings. The number of esters is 1. The maximum absolute atomic E-state index is 11.8. The standard InChI is InChI=1S/C14H13NO5/c1-15(2)13(17)8-19-14(18)12-7-10(16)9-5-3-4-6-11(9)20-12/h3-7H,8H2,1-2H3. The average molecular weight is 275 g/mol. The first kappa shape index (κ1) is 13.8. The Morgan fingerprint density at radius 2 is 1.95 bits per heavy atom. The predicted molar refractivity (Wildman–Crippen MR) is 71.5 cm³/mol. The topological polar surface area (TPSA) is 76.8 Å². The zero-order chi connectivity index (χ0) is 14.7. The lowest BCUT2D eigenvalue weighted by atomic mass is 10.2. The van der Waals surface area contributed by atoms with E-state index in [0.29, 0.717) is 11.0 Å². The number of carbonyl (C=O) groups excluding carboxylic acids is 2. The molecule has 0 unspecified atom stereocenters. The Kier molecular flexibility index (Phi) is 3.84. The molecule has 1 aromatic heterocycles. The minimum atomic E-state index is -0.844. The van der Waals surface area contributed by atoms with Crippen LogP contribution in [0, 0.1) is 0 Å². The van der Waals surface area contributed by atoms with Crippen LogP contribution in [0.3, 0.4) is 0 Å². The Morgan fingerprint density at radius 1 is 1.25 bits per heavy atom. The number of para-hydroxylation sites is 1. The van der Waals surface area contributed by atoms with E-state index in [1.807, 2.05) is 0 Å². The Labute approximate surface area is 114 Å². The first-order chi connectivity index (χ1) is 9.49. The van der Waals surface area contributed by atoms with Gasteiger partial charge in [-0.15, -0.1) is 0 Å². The van der Waals surface area contributed by atoms with Crippen LogP contribution in [0.15, 0.2) is 39.5 Å². The molecule has 0 saturated carbocycles. The van der Waals surface area contributed by atoms with Gasteiger partial charge in [-0.3, -0.25) is 9.59 Å². The summed E-state index contributed by atoms with van der Waals surface area (Å²) in [5, 5.41) is 0.383. The summed E-state index contributed by atoms with van der Waals surface area (Å²) in [6.07, 6.45) is 0. The molecule has 0 fully saturated rings. The smallest absolute Gasteiger partial charge is 0.374 e. The van der Waals surface area contributed by atoms with Crippen LogP contribution < -0.4 is 5.43 Å². The first-order valence-corrected chi connectivity index (χ1v) is 5.89. The van der Waals surface area contributed by atoms with Crippen molar-refractivity contribution in [1.29, 1.82) is 0 Å². The second-order valence-electron chi connectivity index (χ2n) is 4.34. The van der Waals surface area contributed by atoms with E-state index in [9.17, 15) is 14.4 Å². The lowest BCUT2D eigenvalue weighted by Crippen LogP contribution is -2.27. The van der Waals surface area contributed by atoms with E-state index in [-0.39, 0.29) is 17.1 Å². The molecule has 2 rings (SSSR count). The molecule has 1 aromatic carbocycles. The van der Waals surface area contributed by atoms with E-state index in [1.54, 1.807) is 38.4 Å². The highest BCUT2D eigenvalue weighted by Gasteiger charge is 2.15. The van der Waals surface area contributed by atoms with Crippen LogP contribution in [0.1, 0.15) is 10.6 Å². The van der Waals surface area contributed by atoms with Crippen molar-refractivity contribution in [2.45, 2.75) is 0 Å². The predicted octanol–water partition coefficient (Wildman–Crippen LogP) is 1.04. The van der Waals surface area contributed by atoms with Crippen LogP contribution in [-0.4, -0.2) is 37.5 Å². The highest BCUT2D eigenvalue weighted by atomic mass is 16.5. The molecular weight excluding hydrogens is 262 g/mol. The van der Waals surface area contributed by atoms with Gasteiger partial charge in [-0.05, 0) is 12.1 Å². The van der Waals surface area contributed by atoms with Gasteiger partial charge in [0.1, 0.15) is 5.58 Å². The molecule has 0 radical (unpaired) electrons. The Bertz CT molecular complexity index is 717. The summed E-state index contributed by atoms with van der Waals surface area (Å²) < 4.78 is 10.1. The van der Waals surface area contributed by atoms with Gasteiger partial charge in [-0.25, -0.2) is 4.79 Å². The number of fused-ring (bicyclic) bond motifs is 1. The minimum absolute atomic E-state index is 0.222. The fourth-order valence-electron chi connectivity index (χ4n) is 1.53. The minimum Gasteiger partial charge on any atom is -0.450 e. The SMILES string of the molecule is CN(C)C(=O)COC(=O)c1cc(=O)c2ccccc2o1. The van der Waals surface area contributed by atoms with Crippen molar-refractivity contribution in [1.82, 2.24) is 4.90 Å². The summed E-state index contributed by atoms with van der Waals surface area (Å²) in [5.74, 6) is -1.43. The van der Waals surface area contributed by atoms with Crippen LogP contribution in [0.2, 0.25) is 0 Å². The van der Waals surface area contributed by atoms with Crippen molar-refractivity contribution in [2.24, 2.45) is 0 Å². The molecule has 104 valence electrons. The second-order valence-corrected chi connectivity index (χ2v) is 4.34. The third-order valence-electron chi connectivity index (χ3n) is 2.66. The van der Waals surface area contributed by atoms with Gasteiger partial charge in [0, 0.05) is 20.2 Å². The molecule has 0 bridgehead atoms. The van der Waals surface area contributed by atoms with Crippen molar-refractivity contribution in [3.8, 4) is 0 Å². The third kappa shape index (κ3) is 2.85. The number of ether oxygens (including phenoxy) is 1. The van der Waals surface area contributed by atoms with Crippen molar-refractivity contribution >= 4 is 22.8 Å². The van der Waals surface area contributed by atoms with Crippen LogP contribution >= 0.6 is 0 Å². The van der Waals surface area contributed by atoms with Crippen LogP contribution in [0.5, 0.6) is 0 Å². The number of hydrogen-bond acceptors (Lipinski definition) is 5. The number of rotatable bonds is 3. The van der Waals surface area contributed by atoms with Crippen molar-refractivity contribution in [3.63, 3.8) is 0 Å². The molecule has 20 heavy (non-hydrogen) atoms. The van der Waals surface area contributed by atoms with Crippen molar-refractivity contribution < 1.29 is 18.7 Å². The van der Waals surface area contributed by atoms with Crippen molar-refractivity contribution in [2.75, 3.05) is 20.7 Å².